The average Bonchev–Trinajstić information content (AvgIpc) is 0.709. The fourth-order valence-electron chi connectivity index (χ4n) is 14.5. The predicted molar refractivity (Wildman–Crippen MR) is 402 cm³/mol. The monoisotopic (exact) mass is 1280 g/mol. The Hall–Kier alpha value is -11.1. The van der Waals surface area contributed by atoms with Gasteiger partial charge in [-0.25, -0.2) is 15.0 Å². The lowest BCUT2D eigenvalue weighted by Gasteiger charge is -2.45. The Morgan fingerprint density at radius 3 is 1.12 bits per heavy atom. The van der Waals surface area contributed by atoms with E-state index in [1.807, 2.05) is 60.7 Å². The summed E-state index contributed by atoms with van der Waals surface area (Å²) < 4.78 is 48.0. The molecule has 2 aromatic heterocycles. The van der Waals surface area contributed by atoms with Crippen molar-refractivity contribution in [3.05, 3.63) is 295 Å². The molecule has 0 unspecified atom stereocenters. The van der Waals surface area contributed by atoms with Crippen molar-refractivity contribution in [1.29, 1.82) is 0 Å². The number of nitrogens with zero attached hydrogens (tertiary/aromatic N) is 6. The van der Waals surface area contributed by atoms with Gasteiger partial charge in [0.25, 0.3) is 6.71 Å². The third-order valence-corrected chi connectivity index (χ3v) is 19.7. The van der Waals surface area contributed by atoms with Crippen LogP contribution in [-0.4, -0.2) is 26.2 Å². The molecule has 0 fully saturated rings. The highest BCUT2D eigenvalue weighted by Crippen LogP contribution is 2.50. The third kappa shape index (κ3) is 10.9. The van der Waals surface area contributed by atoms with Crippen LogP contribution in [0.5, 0.6) is 0 Å². The van der Waals surface area contributed by atoms with Crippen LogP contribution in [0.15, 0.2) is 273 Å². The maximum atomic E-state index is 15.3. The molecule has 2 aliphatic heterocycles. The van der Waals surface area contributed by atoms with Crippen molar-refractivity contribution in [2.24, 2.45) is 0 Å². The zero-order valence-corrected chi connectivity index (χ0v) is 56.4. The third-order valence-electron chi connectivity index (χ3n) is 19.7. The molecule has 16 rings (SSSR count). The van der Waals surface area contributed by atoms with Crippen LogP contribution in [0.2, 0.25) is 0 Å². The highest BCUT2D eigenvalue weighted by molar-refractivity contribution is 7.00. The van der Waals surface area contributed by atoms with Gasteiger partial charge in [0.1, 0.15) is 0 Å². The van der Waals surface area contributed by atoms with E-state index in [1.54, 1.807) is 6.07 Å². The van der Waals surface area contributed by atoms with Crippen molar-refractivity contribution >= 4 is 79.0 Å². The van der Waals surface area contributed by atoms with Gasteiger partial charge in [0.2, 0.25) is 0 Å². The molecule has 0 N–H and O–H groups in total. The highest BCUT2D eigenvalue weighted by atomic mass is 19.4. The van der Waals surface area contributed by atoms with Crippen molar-refractivity contribution in [2.75, 3.05) is 9.80 Å². The minimum absolute atomic E-state index is 0.115. The maximum Gasteiger partial charge on any atom is 0.416 e. The summed E-state index contributed by atoms with van der Waals surface area (Å²) in [5.41, 5.74) is 22.6. The standard InChI is InChI=1S/C88H72BF3N6/c1-85(2,3)63-37-46-75-70(51-63)69-48-61(34-45-74(69)98(75)76-47-38-66(88(90,91)92)52-71(76)84-94-82(59-26-18-12-19-27-59)93-83(95-84)60-28-20-13-21-29-60)62-49-79-81-80(50-62)97(68-41-32-58(33-42-68)56-24-16-11-17-25-56)78-54-65(87(7,8)9)36-44-73(78)89(81)72-43-35-64(86(4,5)6)53-77(72)96(79)67-39-30-57(31-40-67)55-22-14-10-15-23-55/h10-54H,1-9H3. The number of halogens is 3. The summed E-state index contributed by atoms with van der Waals surface area (Å²) in [4.78, 5) is 20.1. The molecule has 0 saturated heterocycles. The Morgan fingerprint density at radius 2 is 0.673 bits per heavy atom. The first kappa shape index (κ1) is 61.8. The minimum Gasteiger partial charge on any atom is -0.311 e. The SMILES string of the molecule is CC(C)(C)c1ccc2c(c1)N(c1ccc(-c3ccccc3)cc1)c1cc(-c3ccc4c(c3)c3cc(C(C)(C)C)ccc3n4-c3ccc(C(F)(F)F)cc3-c3nc(-c4ccccc4)nc(-c4ccccc4)n3)cc3c1B2c1ccc(C(C)(C)C)cc1N3c1ccc(-c2ccccc2)cc1. The molecule has 0 radical (unpaired) electrons. The van der Waals surface area contributed by atoms with Crippen LogP contribution in [0.25, 0.3) is 95.0 Å². The van der Waals surface area contributed by atoms with Crippen molar-refractivity contribution < 1.29 is 13.2 Å². The second-order valence-corrected chi connectivity index (χ2v) is 29.2. The first-order valence-electron chi connectivity index (χ1n) is 33.7. The van der Waals surface area contributed by atoms with Gasteiger partial charge in [-0.15, -0.1) is 0 Å². The fourth-order valence-corrected chi connectivity index (χ4v) is 14.5. The lowest BCUT2D eigenvalue weighted by atomic mass is 9.33. The summed E-state index contributed by atoms with van der Waals surface area (Å²) in [6.45, 7) is 20.2. The number of aromatic nitrogens is 4. The van der Waals surface area contributed by atoms with Crippen LogP contribution in [0.4, 0.5) is 47.3 Å². The number of anilines is 6. The molecule has 0 amide bonds. The zero-order chi connectivity index (χ0) is 67.6. The van der Waals surface area contributed by atoms with E-state index in [0.717, 1.165) is 94.9 Å². The Morgan fingerprint density at radius 1 is 0.296 bits per heavy atom. The Labute approximate surface area is 571 Å². The number of fused-ring (bicyclic) bond motifs is 7. The second kappa shape index (κ2) is 23.3. The summed E-state index contributed by atoms with van der Waals surface area (Å²) in [7, 11) is 0. The lowest BCUT2D eigenvalue weighted by Crippen LogP contribution is -2.61. The summed E-state index contributed by atoms with van der Waals surface area (Å²) >= 11 is 0. The summed E-state index contributed by atoms with van der Waals surface area (Å²) in [6, 6.07) is 94.4. The molecule has 0 atom stereocenters. The lowest BCUT2D eigenvalue weighted by molar-refractivity contribution is -0.137. The van der Waals surface area contributed by atoms with E-state index in [0.29, 0.717) is 28.5 Å². The Bertz CT molecular complexity index is 5190. The van der Waals surface area contributed by atoms with Gasteiger partial charge in [-0.3, -0.25) is 0 Å². The molecule has 478 valence electrons. The molecule has 0 spiro atoms. The molecule has 14 aromatic rings. The van der Waals surface area contributed by atoms with Crippen molar-refractivity contribution in [2.45, 2.75) is 84.7 Å². The van der Waals surface area contributed by atoms with Crippen molar-refractivity contribution in [1.82, 2.24) is 19.5 Å². The van der Waals surface area contributed by atoms with E-state index < -0.39 is 11.7 Å². The van der Waals surface area contributed by atoms with E-state index in [9.17, 15) is 0 Å². The number of hydrogen-bond acceptors (Lipinski definition) is 5. The smallest absolute Gasteiger partial charge is 0.311 e. The molecule has 6 nitrogen and oxygen atoms in total. The van der Waals surface area contributed by atoms with Gasteiger partial charge >= 0.3 is 6.18 Å². The van der Waals surface area contributed by atoms with Crippen LogP contribution >= 0.6 is 0 Å². The van der Waals surface area contributed by atoms with Crippen LogP contribution in [0, 0.1) is 0 Å². The van der Waals surface area contributed by atoms with Crippen molar-refractivity contribution in [3.63, 3.8) is 0 Å². The van der Waals surface area contributed by atoms with E-state index in [2.05, 4.69) is 271 Å². The van der Waals surface area contributed by atoms with Crippen LogP contribution in [0.3, 0.4) is 0 Å². The highest BCUT2D eigenvalue weighted by Gasteiger charge is 2.45. The largest absolute Gasteiger partial charge is 0.416 e. The van der Waals surface area contributed by atoms with Crippen LogP contribution < -0.4 is 26.2 Å². The molecule has 98 heavy (non-hydrogen) atoms. The van der Waals surface area contributed by atoms with Crippen LogP contribution in [-0.2, 0) is 22.4 Å². The van der Waals surface area contributed by atoms with Crippen molar-refractivity contribution in [3.8, 4) is 73.2 Å². The van der Waals surface area contributed by atoms with Gasteiger partial charge in [0, 0.05) is 61.6 Å². The molecular formula is C88H72BF3N6. The summed E-state index contributed by atoms with van der Waals surface area (Å²) in [5.74, 6) is 0.803. The zero-order valence-electron chi connectivity index (χ0n) is 56.4. The van der Waals surface area contributed by atoms with Crippen LogP contribution in [0.1, 0.15) is 84.6 Å². The molecular weight excluding hydrogens is 1210 g/mol. The molecule has 10 heteroatoms. The van der Waals surface area contributed by atoms with E-state index >= 15 is 13.2 Å². The summed E-state index contributed by atoms with van der Waals surface area (Å²) in [6.07, 6.45) is -4.67. The van der Waals surface area contributed by atoms with E-state index in [4.69, 9.17) is 15.0 Å². The van der Waals surface area contributed by atoms with Gasteiger partial charge in [-0.05, 0) is 174 Å². The quantitative estimate of drug-likeness (QED) is 0.135. The maximum absolute atomic E-state index is 15.3. The fraction of sp³-hybridized carbons (Fsp3) is 0.148. The van der Waals surface area contributed by atoms with Gasteiger partial charge in [-0.1, -0.05) is 244 Å². The molecule has 4 heterocycles. The first-order chi connectivity index (χ1) is 47.1. The van der Waals surface area contributed by atoms with Gasteiger partial charge in [0.05, 0.1) is 22.3 Å². The summed E-state index contributed by atoms with van der Waals surface area (Å²) in [5, 5.41) is 1.89. The second-order valence-electron chi connectivity index (χ2n) is 29.2. The Kier molecular flexibility index (Phi) is 14.7. The number of alkyl halides is 3. The Balaban J connectivity index is 0.974. The molecule has 0 saturated carbocycles. The first-order valence-corrected chi connectivity index (χ1v) is 33.7. The number of benzene rings is 12. The van der Waals surface area contributed by atoms with E-state index in [-0.39, 0.29) is 34.3 Å². The van der Waals surface area contributed by atoms with Gasteiger partial charge in [0.15, 0.2) is 17.5 Å². The van der Waals surface area contributed by atoms with E-state index in [1.165, 1.54) is 39.6 Å². The molecule has 0 bridgehead atoms. The minimum atomic E-state index is -4.67. The normalized spacial score (nSPS) is 13.0. The number of hydrogen-bond donors (Lipinski definition) is 0. The molecule has 12 aromatic carbocycles. The molecule has 2 aliphatic rings. The predicted octanol–water partition coefficient (Wildman–Crippen LogP) is 22.0. The topological polar surface area (TPSA) is 50.1 Å². The number of rotatable bonds is 9. The van der Waals surface area contributed by atoms with Gasteiger partial charge in [-0.2, -0.15) is 13.2 Å². The average molecular weight is 1280 g/mol. The molecule has 0 aliphatic carbocycles. The van der Waals surface area contributed by atoms with Gasteiger partial charge < -0.3 is 14.4 Å².